The molecule has 3 aromatic rings. The SMILES string of the molecule is CCSc1ccccc1NC(=O)C[C@@H](c1ccc(OC)cc1)N1Cc2cc(Cl)ccc2C1=O. The van der Waals surface area contributed by atoms with Crippen molar-refractivity contribution in [3.63, 3.8) is 0 Å². The van der Waals surface area contributed by atoms with Crippen LogP contribution in [0.5, 0.6) is 5.75 Å². The molecule has 0 unspecified atom stereocenters. The fraction of sp³-hybridized carbons (Fsp3) is 0.231. The Morgan fingerprint density at radius 3 is 2.64 bits per heavy atom. The van der Waals surface area contributed by atoms with Crippen molar-refractivity contribution >= 4 is 40.9 Å². The summed E-state index contributed by atoms with van der Waals surface area (Å²) in [6.45, 7) is 2.48. The Hall–Kier alpha value is -2.96. The van der Waals surface area contributed by atoms with E-state index in [-0.39, 0.29) is 18.2 Å². The van der Waals surface area contributed by atoms with E-state index in [2.05, 4.69) is 12.2 Å². The van der Waals surface area contributed by atoms with Gasteiger partial charge in [-0.25, -0.2) is 0 Å². The number of anilines is 1. The molecule has 1 atom stereocenters. The van der Waals surface area contributed by atoms with Gasteiger partial charge in [0, 0.05) is 22.0 Å². The molecule has 0 radical (unpaired) electrons. The summed E-state index contributed by atoms with van der Waals surface area (Å²) in [4.78, 5) is 29.2. The molecule has 7 heteroatoms. The Morgan fingerprint density at radius 2 is 1.91 bits per heavy atom. The van der Waals surface area contributed by atoms with Crippen LogP contribution in [0.2, 0.25) is 5.02 Å². The second-order valence-corrected chi connectivity index (χ2v) is 9.45. The molecule has 0 bridgehead atoms. The molecule has 33 heavy (non-hydrogen) atoms. The van der Waals surface area contributed by atoms with Gasteiger partial charge in [0.2, 0.25) is 5.91 Å². The van der Waals surface area contributed by atoms with Gasteiger partial charge in [0.25, 0.3) is 5.91 Å². The number of thioether (sulfide) groups is 1. The van der Waals surface area contributed by atoms with Crippen molar-refractivity contribution in [2.24, 2.45) is 0 Å². The predicted octanol–water partition coefficient (Wildman–Crippen LogP) is 6.19. The van der Waals surface area contributed by atoms with E-state index in [0.29, 0.717) is 17.1 Å². The van der Waals surface area contributed by atoms with Crippen molar-refractivity contribution in [2.75, 3.05) is 18.2 Å². The molecule has 1 aliphatic heterocycles. The maximum atomic E-state index is 13.2. The summed E-state index contributed by atoms with van der Waals surface area (Å²) < 4.78 is 5.28. The van der Waals surface area contributed by atoms with E-state index in [1.807, 2.05) is 54.6 Å². The highest BCUT2D eigenvalue weighted by molar-refractivity contribution is 7.99. The van der Waals surface area contributed by atoms with Gasteiger partial charge in [-0.1, -0.05) is 42.8 Å². The van der Waals surface area contributed by atoms with Gasteiger partial charge in [0.1, 0.15) is 5.75 Å². The standard InChI is InChI=1S/C26H25ClN2O3S/c1-3-33-24-7-5-4-6-22(24)28-25(30)15-23(17-8-11-20(32-2)12-9-17)29-16-18-14-19(27)10-13-21(18)26(29)31/h4-14,23H,3,15-16H2,1-2H3,(H,28,30)/t23-/m0/s1. The van der Waals surface area contributed by atoms with Crippen LogP contribution in [0, 0.1) is 0 Å². The van der Waals surface area contributed by atoms with Gasteiger partial charge in [0.15, 0.2) is 0 Å². The van der Waals surface area contributed by atoms with E-state index >= 15 is 0 Å². The molecule has 0 aromatic heterocycles. The zero-order valence-electron chi connectivity index (χ0n) is 18.5. The van der Waals surface area contributed by atoms with Gasteiger partial charge in [-0.15, -0.1) is 11.8 Å². The lowest BCUT2D eigenvalue weighted by Crippen LogP contribution is -2.32. The molecule has 1 aliphatic rings. The molecule has 2 amide bonds. The molecule has 170 valence electrons. The maximum absolute atomic E-state index is 13.2. The van der Waals surface area contributed by atoms with E-state index < -0.39 is 6.04 Å². The average Bonchev–Trinajstić information content (AvgIpc) is 3.14. The first-order valence-corrected chi connectivity index (χ1v) is 12.1. The lowest BCUT2D eigenvalue weighted by atomic mass is 10.0. The number of nitrogens with zero attached hydrogens (tertiary/aromatic N) is 1. The number of methoxy groups -OCH3 is 1. The smallest absolute Gasteiger partial charge is 0.255 e. The van der Waals surface area contributed by atoms with E-state index in [1.54, 1.807) is 35.9 Å². The number of benzene rings is 3. The molecule has 4 rings (SSSR count). The number of nitrogens with one attached hydrogen (secondary N) is 1. The van der Waals surface area contributed by atoms with Crippen molar-refractivity contribution in [2.45, 2.75) is 30.8 Å². The Bertz CT molecular complexity index is 1170. The number of hydrogen-bond donors (Lipinski definition) is 1. The van der Waals surface area contributed by atoms with Crippen molar-refractivity contribution in [3.8, 4) is 5.75 Å². The number of hydrogen-bond acceptors (Lipinski definition) is 4. The minimum atomic E-state index is -0.430. The number of carbonyl (C=O) groups excluding carboxylic acids is 2. The largest absolute Gasteiger partial charge is 0.497 e. The highest BCUT2D eigenvalue weighted by Crippen LogP contribution is 2.36. The number of ether oxygens (including phenoxy) is 1. The first-order chi connectivity index (χ1) is 16.0. The fourth-order valence-corrected chi connectivity index (χ4v) is 4.98. The van der Waals surface area contributed by atoms with Crippen LogP contribution in [0.4, 0.5) is 5.69 Å². The zero-order chi connectivity index (χ0) is 23.4. The quantitative estimate of drug-likeness (QED) is 0.391. The summed E-state index contributed by atoms with van der Waals surface area (Å²) in [5.41, 5.74) is 3.15. The molecule has 5 nitrogen and oxygen atoms in total. The van der Waals surface area contributed by atoms with Gasteiger partial charge in [-0.2, -0.15) is 0 Å². The fourth-order valence-electron chi connectivity index (χ4n) is 4.03. The summed E-state index contributed by atoms with van der Waals surface area (Å²) in [5.74, 6) is 1.37. The summed E-state index contributed by atoms with van der Waals surface area (Å²) in [6, 6.07) is 20.1. The molecule has 0 spiro atoms. The Kier molecular flexibility index (Phi) is 7.26. The highest BCUT2D eigenvalue weighted by atomic mass is 35.5. The normalized spacial score (nSPS) is 13.5. The lowest BCUT2D eigenvalue weighted by Gasteiger charge is -2.28. The van der Waals surface area contributed by atoms with Crippen LogP contribution in [0.15, 0.2) is 71.6 Å². The topological polar surface area (TPSA) is 58.6 Å². The monoisotopic (exact) mass is 480 g/mol. The third-order valence-electron chi connectivity index (χ3n) is 5.62. The molecule has 0 fully saturated rings. The predicted molar refractivity (Wildman–Crippen MR) is 133 cm³/mol. The Labute approximate surface area is 203 Å². The van der Waals surface area contributed by atoms with Crippen molar-refractivity contribution in [3.05, 3.63) is 88.4 Å². The molecule has 3 aromatic carbocycles. The third-order valence-corrected chi connectivity index (χ3v) is 6.81. The first kappa shape index (κ1) is 23.2. The van der Waals surface area contributed by atoms with Crippen LogP contribution < -0.4 is 10.1 Å². The van der Waals surface area contributed by atoms with Crippen LogP contribution >= 0.6 is 23.4 Å². The molecule has 1 heterocycles. The number of halogens is 1. The average molecular weight is 481 g/mol. The molecule has 1 N–H and O–H groups in total. The minimum absolute atomic E-state index is 0.0998. The van der Waals surface area contributed by atoms with E-state index in [4.69, 9.17) is 16.3 Å². The highest BCUT2D eigenvalue weighted by Gasteiger charge is 2.34. The molecular weight excluding hydrogens is 456 g/mol. The molecule has 0 saturated carbocycles. The van der Waals surface area contributed by atoms with Crippen LogP contribution in [-0.2, 0) is 11.3 Å². The summed E-state index contributed by atoms with van der Waals surface area (Å²) in [5, 5.41) is 3.63. The summed E-state index contributed by atoms with van der Waals surface area (Å²) in [7, 11) is 1.61. The van der Waals surface area contributed by atoms with E-state index in [1.165, 1.54) is 0 Å². The number of rotatable bonds is 8. The molecular formula is C26H25ClN2O3S. The summed E-state index contributed by atoms with van der Waals surface area (Å²) >= 11 is 7.83. The van der Waals surface area contributed by atoms with Crippen LogP contribution in [0.3, 0.4) is 0 Å². The molecule has 0 saturated heterocycles. The van der Waals surface area contributed by atoms with Crippen LogP contribution in [0.25, 0.3) is 0 Å². The van der Waals surface area contributed by atoms with Gasteiger partial charge < -0.3 is 15.0 Å². The number of carbonyl (C=O) groups is 2. The number of fused-ring (bicyclic) bond motifs is 1. The maximum Gasteiger partial charge on any atom is 0.255 e. The second kappa shape index (κ2) is 10.3. The van der Waals surface area contributed by atoms with Crippen molar-refractivity contribution in [1.82, 2.24) is 4.90 Å². The number of para-hydroxylation sites is 1. The third kappa shape index (κ3) is 5.18. The molecule has 0 aliphatic carbocycles. The van der Waals surface area contributed by atoms with Gasteiger partial charge >= 0.3 is 0 Å². The van der Waals surface area contributed by atoms with Gasteiger partial charge in [-0.05, 0) is 59.3 Å². The Balaban J connectivity index is 1.61. The minimum Gasteiger partial charge on any atom is -0.497 e. The van der Waals surface area contributed by atoms with Crippen molar-refractivity contribution in [1.29, 1.82) is 0 Å². The van der Waals surface area contributed by atoms with E-state index in [9.17, 15) is 9.59 Å². The van der Waals surface area contributed by atoms with Crippen LogP contribution in [0.1, 0.15) is 40.9 Å². The summed E-state index contributed by atoms with van der Waals surface area (Å²) in [6.07, 6.45) is 0.130. The van der Waals surface area contributed by atoms with Gasteiger partial charge in [-0.3, -0.25) is 9.59 Å². The van der Waals surface area contributed by atoms with Crippen molar-refractivity contribution < 1.29 is 14.3 Å². The lowest BCUT2D eigenvalue weighted by molar-refractivity contribution is -0.117. The first-order valence-electron chi connectivity index (χ1n) is 10.7. The second-order valence-electron chi connectivity index (χ2n) is 7.70. The van der Waals surface area contributed by atoms with Crippen LogP contribution in [-0.4, -0.2) is 29.6 Å². The van der Waals surface area contributed by atoms with E-state index in [0.717, 1.165) is 33.2 Å². The Morgan fingerprint density at radius 1 is 1.15 bits per heavy atom. The van der Waals surface area contributed by atoms with Gasteiger partial charge in [0.05, 0.1) is 25.3 Å². The zero-order valence-corrected chi connectivity index (χ0v) is 20.1. The number of amides is 2.